The Morgan fingerprint density at radius 3 is 2.30 bits per heavy atom. The van der Waals surface area contributed by atoms with Crippen LogP contribution in [0, 0.1) is 0 Å². The number of carbonyl (C=O) groups excluding carboxylic acids is 1. The van der Waals surface area contributed by atoms with E-state index in [4.69, 9.17) is 11.6 Å². The molecule has 1 heterocycles. The summed E-state index contributed by atoms with van der Waals surface area (Å²) in [7, 11) is 0. The molecule has 11 heteroatoms. The first-order valence-electron chi connectivity index (χ1n) is 6.05. The van der Waals surface area contributed by atoms with Crippen molar-refractivity contribution >= 4 is 17.6 Å². The van der Waals surface area contributed by atoms with Crippen molar-refractivity contribution in [3.8, 4) is 5.88 Å². The summed E-state index contributed by atoms with van der Waals surface area (Å²) in [4.78, 5) is 14.5. The van der Waals surface area contributed by atoms with Gasteiger partial charge in [0, 0.05) is 0 Å². The van der Waals surface area contributed by atoms with Crippen molar-refractivity contribution in [2.75, 3.05) is 6.61 Å². The molecular weight excluding hydrogens is 356 g/mol. The normalized spacial score (nSPS) is 12.2. The lowest BCUT2D eigenvalue weighted by Crippen LogP contribution is -2.22. The van der Waals surface area contributed by atoms with Gasteiger partial charge in [-0.2, -0.15) is 13.2 Å². The number of rotatable bonds is 5. The number of ether oxygens (including phenoxy) is 2. The molecule has 1 aromatic heterocycles. The van der Waals surface area contributed by atoms with Crippen molar-refractivity contribution in [1.82, 2.24) is 4.98 Å². The topological polar surface area (TPSA) is 48.4 Å². The molecule has 0 fully saturated rings. The Morgan fingerprint density at radius 1 is 1.26 bits per heavy atom. The van der Waals surface area contributed by atoms with Crippen LogP contribution in [0.4, 0.5) is 26.3 Å². The van der Waals surface area contributed by atoms with Crippen LogP contribution in [0.25, 0.3) is 0 Å². The number of aromatic nitrogens is 1. The lowest BCUT2D eigenvalue weighted by atomic mass is 10.1. The average Bonchev–Trinajstić information content (AvgIpc) is 2.37. The monoisotopic (exact) mass is 365 g/mol. The lowest BCUT2D eigenvalue weighted by Gasteiger charge is -2.17. The predicted octanol–water partition coefficient (Wildman–Crippen LogP) is 3.84. The summed E-state index contributed by atoms with van der Waals surface area (Å²) >= 11 is 5.47. The van der Waals surface area contributed by atoms with E-state index < -0.39 is 42.3 Å². The number of pyridine rings is 1. The van der Waals surface area contributed by atoms with E-state index in [0.29, 0.717) is 6.07 Å². The molecule has 0 N–H and O–H groups in total. The zero-order valence-corrected chi connectivity index (χ0v) is 12.3. The summed E-state index contributed by atoms with van der Waals surface area (Å²) < 4.78 is 83.2. The molecule has 0 saturated carbocycles. The number of hydrogen-bond donors (Lipinski definition) is 0. The molecule has 0 radical (unpaired) electrons. The van der Waals surface area contributed by atoms with Crippen LogP contribution in [0.3, 0.4) is 0 Å². The van der Waals surface area contributed by atoms with Gasteiger partial charge in [0.2, 0.25) is 5.88 Å². The number of esters is 1. The maximum atomic E-state index is 12.9. The van der Waals surface area contributed by atoms with Gasteiger partial charge >= 0.3 is 18.5 Å². The second-order valence-electron chi connectivity index (χ2n) is 4.11. The van der Waals surface area contributed by atoms with Gasteiger partial charge in [-0.3, -0.25) is 4.79 Å². The highest BCUT2D eigenvalue weighted by Crippen LogP contribution is 2.38. The fourth-order valence-corrected chi connectivity index (χ4v) is 1.83. The van der Waals surface area contributed by atoms with E-state index in [1.165, 1.54) is 6.92 Å². The van der Waals surface area contributed by atoms with Crippen LogP contribution in [-0.4, -0.2) is 23.9 Å². The smallest absolute Gasteiger partial charge is 0.466 e. The van der Waals surface area contributed by atoms with Gasteiger partial charge in [-0.15, -0.1) is 24.8 Å². The van der Waals surface area contributed by atoms with Crippen molar-refractivity contribution in [3.63, 3.8) is 0 Å². The summed E-state index contributed by atoms with van der Waals surface area (Å²) in [6, 6.07) is 0.350. The molecule has 0 spiro atoms. The Bertz CT molecular complexity index is 573. The summed E-state index contributed by atoms with van der Waals surface area (Å²) in [5.74, 6) is -3.05. The molecule has 0 aromatic carbocycles. The van der Waals surface area contributed by atoms with Crippen LogP contribution in [0.1, 0.15) is 23.7 Å². The molecule has 0 aliphatic rings. The Hall–Kier alpha value is -1.71. The standard InChI is InChI=1S/C12H10ClF6NO3/c1-2-22-9(21)4-6-3-7(11(14,15)16)10(20-8(6)5-13)23-12(17,18)19/h3H,2,4-5H2,1H3. The third kappa shape index (κ3) is 5.77. The van der Waals surface area contributed by atoms with E-state index in [1.807, 2.05) is 0 Å². The quantitative estimate of drug-likeness (QED) is 0.452. The summed E-state index contributed by atoms with van der Waals surface area (Å²) in [6.45, 7) is 1.48. The molecule has 23 heavy (non-hydrogen) atoms. The Balaban J connectivity index is 3.36. The van der Waals surface area contributed by atoms with Gasteiger partial charge in [0.05, 0.1) is 24.6 Å². The molecule has 0 amide bonds. The third-order valence-corrected chi connectivity index (χ3v) is 2.69. The summed E-state index contributed by atoms with van der Waals surface area (Å²) in [6.07, 6.45) is -11.1. The second kappa shape index (κ2) is 7.24. The van der Waals surface area contributed by atoms with E-state index in [0.717, 1.165) is 0 Å². The van der Waals surface area contributed by atoms with Gasteiger partial charge < -0.3 is 9.47 Å². The molecule has 0 unspecified atom stereocenters. The minimum absolute atomic E-state index is 0.0101. The Kier molecular flexibility index (Phi) is 6.09. The molecule has 0 aliphatic carbocycles. The molecule has 0 bridgehead atoms. The highest BCUT2D eigenvalue weighted by atomic mass is 35.5. The van der Waals surface area contributed by atoms with Crippen molar-refractivity contribution in [3.05, 3.63) is 22.9 Å². The van der Waals surface area contributed by atoms with Crippen LogP contribution in [0.2, 0.25) is 0 Å². The van der Waals surface area contributed by atoms with Crippen molar-refractivity contribution in [2.24, 2.45) is 0 Å². The first kappa shape index (κ1) is 19.3. The van der Waals surface area contributed by atoms with Crippen molar-refractivity contribution < 1.29 is 40.6 Å². The molecule has 4 nitrogen and oxygen atoms in total. The molecule has 0 atom stereocenters. The Morgan fingerprint density at radius 2 is 1.87 bits per heavy atom. The fourth-order valence-electron chi connectivity index (χ4n) is 1.60. The zero-order valence-electron chi connectivity index (χ0n) is 11.5. The van der Waals surface area contributed by atoms with Crippen molar-refractivity contribution in [1.29, 1.82) is 0 Å². The summed E-state index contributed by atoms with van der Waals surface area (Å²) in [5.41, 5.74) is -2.39. The zero-order chi connectivity index (χ0) is 17.8. The first-order valence-corrected chi connectivity index (χ1v) is 6.58. The van der Waals surface area contributed by atoms with Crippen LogP contribution >= 0.6 is 11.6 Å². The average molecular weight is 366 g/mol. The molecule has 130 valence electrons. The van der Waals surface area contributed by atoms with Gasteiger partial charge in [-0.25, -0.2) is 4.98 Å². The highest BCUT2D eigenvalue weighted by Gasteiger charge is 2.41. The number of carbonyl (C=O) groups is 1. The van der Waals surface area contributed by atoms with Crippen LogP contribution in [0.15, 0.2) is 6.07 Å². The maximum absolute atomic E-state index is 12.9. The largest absolute Gasteiger partial charge is 0.574 e. The van der Waals surface area contributed by atoms with Gasteiger partial charge in [0.15, 0.2) is 0 Å². The molecule has 1 aromatic rings. The first-order chi connectivity index (χ1) is 10.5. The molecular formula is C12H10ClF6NO3. The van der Waals surface area contributed by atoms with Gasteiger partial charge in [0.25, 0.3) is 0 Å². The fraction of sp³-hybridized carbons (Fsp3) is 0.500. The van der Waals surface area contributed by atoms with Gasteiger partial charge in [-0.1, -0.05) is 0 Å². The minimum Gasteiger partial charge on any atom is -0.466 e. The van der Waals surface area contributed by atoms with Crippen molar-refractivity contribution in [2.45, 2.75) is 31.8 Å². The third-order valence-electron chi connectivity index (χ3n) is 2.44. The predicted molar refractivity (Wildman–Crippen MR) is 65.8 cm³/mol. The SMILES string of the molecule is CCOC(=O)Cc1cc(C(F)(F)F)c(OC(F)(F)F)nc1CCl. The minimum atomic E-state index is -5.36. The number of nitrogens with zero attached hydrogens (tertiary/aromatic N) is 1. The van der Waals surface area contributed by atoms with E-state index in [2.05, 4.69) is 14.5 Å². The van der Waals surface area contributed by atoms with Gasteiger partial charge in [-0.05, 0) is 18.6 Å². The Labute approximate surface area is 131 Å². The van der Waals surface area contributed by atoms with E-state index >= 15 is 0 Å². The highest BCUT2D eigenvalue weighted by molar-refractivity contribution is 6.17. The van der Waals surface area contributed by atoms with Crippen LogP contribution in [0.5, 0.6) is 5.88 Å². The van der Waals surface area contributed by atoms with E-state index in [9.17, 15) is 31.1 Å². The molecule has 0 saturated heterocycles. The number of hydrogen-bond acceptors (Lipinski definition) is 4. The lowest BCUT2D eigenvalue weighted by molar-refractivity contribution is -0.278. The van der Waals surface area contributed by atoms with E-state index in [-0.39, 0.29) is 17.9 Å². The molecule has 0 aliphatic heterocycles. The molecule has 1 rings (SSSR count). The maximum Gasteiger partial charge on any atom is 0.574 e. The number of halogens is 7. The summed E-state index contributed by atoms with van der Waals surface area (Å²) in [5, 5.41) is 0. The van der Waals surface area contributed by atoms with Crippen LogP contribution < -0.4 is 4.74 Å². The second-order valence-corrected chi connectivity index (χ2v) is 4.38. The van der Waals surface area contributed by atoms with E-state index in [1.54, 1.807) is 0 Å². The van der Waals surface area contributed by atoms with Gasteiger partial charge in [0.1, 0.15) is 5.56 Å². The number of alkyl halides is 7. The van der Waals surface area contributed by atoms with Crippen LogP contribution in [-0.2, 0) is 28.0 Å².